The first-order valence-electron chi connectivity index (χ1n) is 5.03. The van der Waals surface area contributed by atoms with E-state index < -0.39 is 0 Å². The molecule has 0 amide bonds. The van der Waals surface area contributed by atoms with E-state index in [9.17, 15) is 4.79 Å². The average molecular weight is 353 g/mol. The Bertz CT molecular complexity index is 665. The van der Waals surface area contributed by atoms with Gasteiger partial charge in [-0.15, -0.1) is 0 Å². The molecule has 2 nitrogen and oxygen atoms in total. The fourth-order valence-electron chi connectivity index (χ4n) is 2.12. The molecule has 17 heavy (non-hydrogen) atoms. The van der Waals surface area contributed by atoms with Gasteiger partial charge >= 0.3 is 0 Å². The maximum Gasteiger partial charge on any atom is 0.195 e. The van der Waals surface area contributed by atoms with Crippen LogP contribution in [0.5, 0.6) is 0 Å². The molecule has 0 radical (unpaired) electrons. The number of fused-ring (bicyclic) bond motifs is 3. The van der Waals surface area contributed by atoms with E-state index in [4.69, 9.17) is 5.73 Å². The summed E-state index contributed by atoms with van der Waals surface area (Å²) in [4.78, 5) is 12.3. The Morgan fingerprint density at radius 2 is 1.65 bits per heavy atom. The minimum atomic E-state index is 0.0293. The number of nitrogens with two attached hydrogens (primary N) is 1. The van der Waals surface area contributed by atoms with Crippen LogP contribution < -0.4 is 5.73 Å². The quantitative estimate of drug-likeness (QED) is 0.621. The smallest absolute Gasteiger partial charge is 0.195 e. The van der Waals surface area contributed by atoms with Crippen molar-refractivity contribution in [2.24, 2.45) is 0 Å². The highest BCUT2D eigenvalue weighted by molar-refractivity contribution is 9.11. The normalized spacial score (nSPS) is 12.5. The van der Waals surface area contributed by atoms with Gasteiger partial charge in [0.15, 0.2) is 5.78 Å². The second kappa shape index (κ2) is 3.68. The monoisotopic (exact) mass is 351 g/mol. The van der Waals surface area contributed by atoms with Gasteiger partial charge in [-0.1, -0.05) is 24.3 Å². The lowest BCUT2D eigenvalue weighted by atomic mass is 10.1. The van der Waals surface area contributed by atoms with E-state index in [2.05, 4.69) is 31.9 Å². The molecule has 0 bridgehead atoms. The van der Waals surface area contributed by atoms with Crippen LogP contribution in [0.2, 0.25) is 0 Å². The Hall–Kier alpha value is -1.13. The van der Waals surface area contributed by atoms with Gasteiger partial charge in [-0.05, 0) is 49.1 Å². The highest BCUT2D eigenvalue weighted by atomic mass is 79.9. The van der Waals surface area contributed by atoms with Crippen molar-refractivity contribution in [2.75, 3.05) is 5.73 Å². The second-order valence-corrected chi connectivity index (χ2v) is 5.53. The molecule has 0 heterocycles. The van der Waals surface area contributed by atoms with Gasteiger partial charge < -0.3 is 5.73 Å². The Labute approximate surface area is 115 Å². The van der Waals surface area contributed by atoms with Crippen LogP contribution in [0, 0.1) is 0 Å². The lowest BCUT2D eigenvalue weighted by Crippen LogP contribution is -1.99. The predicted molar refractivity (Wildman–Crippen MR) is 75.1 cm³/mol. The fourth-order valence-corrected chi connectivity index (χ4v) is 3.42. The third-order valence-corrected chi connectivity index (χ3v) is 4.42. The van der Waals surface area contributed by atoms with Gasteiger partial charge in [-0.25, -0.2) is 0 Å². The molecule has 0 aromatic heterocycles. The van der Waals surface area contributed by atoms with Crippen LogP contribution in [0.1, 0.15) is 15.9 Å². The van der Waals surface area contributed by atoms with Crippen molar-refractivity contribution in [3.8, 4) is 11.1 Å². The summed E-state index contributed by atoms with van der Waals surface area (Å²) >= 11 is 6.81. The maximum atomic E-state index is 12.3. The van der Waals surface area contributed by atoms with Crippen molar-refractivity contribution >= 4 is 43.3 Å². The van der Waals surface area contributed by atoms with E-state index in [-0.39, 0.29) is 5.78 Å². The van der Waals surface area contributed by atoms with E-state index in [0.717, 1.165) is 21.2 Å². The number of ketones is 1. The van der Waals surface area contributed by atoms with Gasteiger partial charge in [0.05, 0.1) is 10.2 Å². The highest BCUT2D eigenvalue weighted by Crippen LogP contribution is 2.44. The number of carbonyl (C=O) groups excluding carboxylic acids is 1. The van der Waals surface area contributed by atoms with E-state index in [1.54, 1.807) is 0 Å². The molecule has 4 heteroatoms. The Morgan fingerprint density at radius 3 is 2.35 bits per heavy atom. The van der Waals surface area contributed by atoms with Crippen molar-refractivity contribution in [3.63, 3.8) is 0 Å². The lowest BCUT2D eigenvalue weighted by Gasteiger charge is -2.07. The van der Waals surface area contributed by atoms with Gasteiger partial charge in [0.1, 0.15) is 0 Å². The summed E-state index contributed by atoms with van der Waals surface area (Å²) < 4.78 is 1.47. The first-order valence-corrected chi connectivity index (χ1v) is 6.61. The first kappa shape index (κ1) is 11.0. The highest BCUT2D eigenvalue weighted by Gasteiger charge is 2.30. The van der Waals surface area contributed by atoms with Gasteiger partial charge in [-0.2, -0.15) is 0 Å². The number of nitrogen functional groups attached to an aromatic ring is 1. The molecule has 1 aliphatic carbocycles. The molecule has 2 aromatic rings. The Morgan fingerprint density at radius 1 is 1.00 bits per heavy atom. The van der Waals surface area contributed by atoms with Crippen LogP contribution in [-0.2, 0) is 0 Å². The number of benzene rings is 2. The number of anilines is 1. The Kier molecular flexibility index (Phi) is 2.38. The Balaban J connectivity index is 2.44. The summed E-state index contributed by atoms with van der Waals surface area (Å²) in [5.41, 5.74) is 9.76. The van der Waals surface area contributed by atoms with Gasteiger partial charge in [0, 0.05) is 15.6 Å². The van der Waals surface area contributed by atoms with Crippen LogP contribution >= 0.6 is 31.9 Å². The van der Waals surface area contributed by atoms with E-state index in [1.807, 2.05) is 30.3 Å². The van der Waals surface area contributed by atoms with Crippen LogP contribution in [0.4, 0.5) is 5.69 Å². The van der Waals surface area contributed by atoms with Crippen LogP contribution in [0.25, 0.3) is 11.1 Å². The molecule has 0 saturated heterocycles. The van der Waals surface area contributed by atoms with Gasteiger partial charge in [0.2, 0.25) is 0 Å². The molecule has 0 unspecified atom stereocenters. The summed E-state index contributed by atoms with van der Waals surface area (Å²) in [6.45, 7) is 0. The largest absolute Gasteiger partial charge is 0.397 e. The zero-order valence-corrected chi connectivity index (χ0v) is 11.8. The fraction of sp³-hybridized carbons (Fsp3) is 0. The number of hydrogen-bond donors (Lipinski definition) is 1. The molecule has 0 saturated carbocycles. The van der Waals surface area contributed by atoms with Crippen LogP contribution in [-0.4, -0.2) is 5.78 Å². The van der Waals surface area contributed by atoms with E-state index >= 15 is 0 Å². The number of carbonyl (C=O) groups is 1. The third-order valence-electron chi connectivity index (χ3n) is 2.94. The molecule has 2 N–H and O–H groups in total. The topological polar surface area (TPSA) is 43.1 Å². The molecule has 3 rings (SSSR count). The van der Waals surface area contributed by atoms with Crippen molar-refractivity contribution in [3.05, 3.63) is 50.4 Å². The second-order valence-electron chi connectivity index (χ2n) is 3.88. The summed E-state index contributed by atoms with van der Waals surface area (Å²) in [6.07, 6.45) is 0. The van der Waals surface area contributed by atoms with Crippen molar-refractivity contribution in [1.29, 1.82) is 0 Å². The number of rotatable bonds is 0. The van der Waals surface area contributed by atoms with Crippen LogP contribution in [0.15, 0.2) is 39.3 Å². The molecule has 0 fully saturated rings. The minimum Gasteiger partial charge on any atom is -0.397 e. The van der Waals surface area contributed by atoms with E-state index in [0.29, 0.717) is 15.7 Å². The third kappa shape index (κ3) is 1.40. The SMILES string of the molecule is Nc1c(Br)cc2c(c1Br)C(=O)c1ccccc1-2. The molecule has 1 aliphatic rings. The molecule has 84 valence electrons. The molecular weight excluding hydrogens is 346 g/mol. The minimum absolute atomic E-state index is 0.0293. The summed E-state index contributed by atoms with van der Waals surface area (Å²) in [7, 11) is 0. The number of halogens is 2. The zero-order chi connectivity index (χ0) is 12.2. The van der Waals surface area contributed by atoms with Gasteiger partial charge in [0.25, 0.3) is 0 Å². The van der Waals surface area contributed by atoms with E-state index in [1.165, 1.54) is 0 Å². The summed E-state index contributed by atoms with van der Waals surface area (Å²) in [5, 5.41) is 0. The molecule has 0 aliphatic heterocycles. The summed E-state index contributed by atoms with van der Waals surface area (Å²) in [6, 6.07) is 9.50. The van der Waals surface area contributed by atoms with Crippen LogP contribution in [0.3, 0.4) is 0 Å². The standard InChI is InChI=1S/C13H7Br2NO/c14-9-5-8-6-3-1-2-4-7(6)13(17)10(8)11(15)12(9)16/h1-5H,16H2. The predicted octanol–water partition coefficient (Wildman–Crippen LogP) is 4.01. The van der Waals surface area contributed by atoms with Gasteiger partial charge in [-0.3, -0.25) is 4.79 Å². The number of hydrogen-bond acceptors (Lipinski definition) is 2. The molecular formula is C13H7Br2NO. The maximum absolute atomic E-state index is 12.3. The molecule has 0 spiro atoms. The summed E-state index contributed by atoms with van der Waals surface area (Å²) in [5.74, 6) is 0.0293. The van der Waals surface area contributed by atoms with Crippen molar-refractivity contribution in [2.45, 2.75) is 0 Å². The van der Waals surface area contributed by atoms with Crippen molar-refractivity contribution < 1.29 is 4.79 Å². The molecule has 2 aromatic carbocycles. The lowest BCUT2D eigenvalue weighted by molar-refractivity contribution is 0.104. The molecule has 0 atom stereocenters. The van der Waals surface area contributed by atoms with Crippen molar-refractivity contribution in [1.82, 2.24) is 0 Å². The zero-order valence-electron chi connectivity index (χ0n) is 8.63. The average Bonchev–Trinajstić information content (AvgIpc) is 2.61. The first-order chi connectivity index (χ1) is 8.11.